The van der Waals surface area contributed by atoms with Gasteiger partial charge in [0.05, 0.1) is 18.8 Å². The van der Waals surface area contributed by atoms with Crippen molar-refractivity contribution < 1.29 is 28.2 Å². The van der Waals surface area contributed by atoms with E-state index in [1.54, 1.807) is 47.8 Å². The van der Waals surface area contributed by atoms with Gasteiger partial charge in [-0.3, -0.25) is 14.4 Å². The first-order valence-electron chi connectivity index (χ1n) is 11.7. The lowest BCUT2D eigenvalue weighted by atomic mass is 10.0. The average Bonchev–Trinajstić information content (AvgIpc) is 3.61. The van der Waals surface area contributed by atoms with Gasteiger partial charge in [-0.1, -0.05) is 18.2 Å². The smallest absolute Gasteiger partial charge is 0.251 e. The van der Waals surface area contributed by atoms with Gasteiger partial charge >= 0.3 is 0 Å². The summed E-state index contributed by atoms with van der Waals surface area (Å²) in [5, 5.41) is 10.1. The molecule has 0 spiro atoms. The van der Waals surface area contributed by atoms with Crippen LogP contribution < -0.4 is 31.2 Å². The zero-order valence-electron chi connectivity index (χ0n) is 20.7. The fourth-order valence-electron chi connectivity index (χ4n) is 3.78. The SMILES string of the molecule is Cl.NCC(=O)Nc1nc(-c2ccc(NC(=O)CNC(=O)c3ccc(F)c(-c4ccc5c(c4)OCO5)c3)cc2)cs1. The number of hydrogen-bond donors (Lipinski definition) is 4. The predicted octanol–water partition coefficient (Wildman–Crippen LogP) is 4.03. The van der Waals surface area contributed by atoms with E-state index in [-0.39, 0.29) is 49.3 Å². The molecule has 0 atom stereocenters. The predicted molar refractivity (Wildman–Crippen MR) is 151 cm³/mol. The molecule has 206 valence electrons. The van der Waals surface area contributed by atoms with Crippen LogP contribution in [0.25, 0.3) is 22.4 Å². The van der Waals surface area contributed by atoms with Crippen molar-refractivity contribution in [2.24, 2.45) is 5.73 Å². The zero-order chi connectivity index (χ0) is 27.4. The van der Waals surface area contributed by atoms with Crippen LogP contribution in [0.1, 0.15) is 10.4 Å². The van der Waals surface area contributed by atoms with Crippen LogP contribution in [0.3, 0.4) is 0 Å². The number of nitrogens with zero attached hydrogens (tertiary/aromatic N) is 1. The Morgan fingerprint density at radius 3 is 2.45 bits per heavy atom. The molecule has 0 unspecified atom stereocenters. The van der Waals surface area contributed by atoms with Crippen LogP contribution in [-0.2, 0) is 9.59 Å². The Bertz CT molecular complexity index is 1560. The lowest BCUT2D eigenvalue weighted by Gasteiger charge is -2.10. The normalized spacial score (nSPS) is 11.3. The fraction of sp³-hybridized carbons (Fsp3) is 0.111. The van der Waals surface area contributed by atoms with Gasteiger partial charge in [-0.2, -0.15) is 0 Å². The van der Waals surface area contributed by atoms with Crippen LogP contribution in [-0.4, -0.2) is 42.6 Å². The van der Waals surface area contributed by atoms with Crippen molar-refractivity contribution in [2.45, 2.75) is 0 Å². The van der Waals surface area contributed by atoms with Gasteiger partial charge in [0.25, 0.3) is 5.91 Å². The van der Waals surface area contributed by atoms with E-state index >= 15 is 0 Å². The molecule has 5 rings (SSSR count). The maximum absolute atomic E-state index is 14.5. The minimum Gasteiger partial charge on any atom is -0.454 e. The van der Waals surface area contributed by atoms with Gasteiger partial charge in [0, 0.05) is 27.8 Å². The number of anilines is 2. The molecular formula is C27H23ClFN5O5S. The molecule has 40 heavy (non-hydrogen) atoms. The van der Waals surface area contributed by atoms with Gasteiger partial charge < -0.3 is 31.2 Å². The number of rotatable bonds is 8. The van der Waals surface area contributed by atoms with Crippen LogP contribution in [0.2, 0.25) is 0 Å². The monoisotopic (exact) mass is 583 g/mol. The van der Waals surface area contributed by atoms with Crippen molar-refractivity contribution in [3.63, 3.8) is 0 Å². The number of carbonyl (C=O) groups is 3. The van der Waals surface area contributed by atoms with E-state index in [1.165, 1.54) is 29.5 Å². The molecular weight excluding hydrogens is 561 g/mol. The number of ether oxygens (including phenoxy) is 2. The van der Waals surface area contributed by atoms with Gasteiger partial charge in [-0.15, -0.1) is 23.7 Å². The molecule has 2 heterocycles. The molecule has 10 nitrogen and oxygen atoms in total. The zero-order valence-corrected chi connectivity index (χ0v) is 22.4. The molecule has 0 saturated carbocycles. The molecule has 3 amide bonds. The summed E-state index contributed by atoms with van der Waals surface area (Å²) in [5.74, 6) is -0.720. The Balaban J connectivity index is 0.00000370. The summed E-state index contributed by atoms with van der Waals surface area (Å²) in [5.41, 5.74) is 8.23. The molecule has 4 aromatic rings. The second-order valence-electron chi connectivity index (χ2n) is 8.36. The van der Waals surface area contributed by atoms with Gasteiger partial charge in [-0.25, -0.2) is 9.37 Å². The van der Waals surface area contributed by atoms with Crippen LogP contribution in [0.4, 0.5) is 15.2 Å². The van der Waals surface area contributed by atoms with Crippen LogP contribution >= 0.6 is 23.7 Å². The topological polar surface area (TPSA) is 145 Å². The summed E-state index contributed by atoms with van der Waals surface area (Å²) >= 11 is 1.28. The molecule has 1 aliphatic heterocycles. The van der Waals surface area contributed by atoms with Crippen LogP contribution in [0.5, 0.6) is 11.5 Å². The first-order chi connectivity index (χ1) is 18.9. The van der Waals surface area contributed by atoms with E-state index in [0.717, 1.165) is 5.56 Å². The van der Waals surface area contributed by atoms with Crippen molar-refractivity contribution in [1.29, 1.82) is 0 Å². The van der Waals surface area contributed by atoms with Crippen molar-refractivity contribution in [3.8, 4) is 33.9 Å². The number of carbonyl (C=O) groups excluding carboxylic acids is 3. The van der Waals surface area contributed by atoms with Gasteiger partial charge in [0.15, 0.2) is 16.6 Å². The minimum atomic E-state index is -0.524. The second-order valence-corrected chi connectivity index (χ2v) is 9.22. The van der Waals surface area contributed by atoms with Crippen molar-refractivity contribution in [2.75, 3.05) is 30.5 Å². The Morgan fingerprint density at radius 1 is 0.925 bits per heavy atom. The maximum atomic E-state index is 14.5. The largest absolute Gasteiger partial charge is 0.454 e. The highest BCUT2D eigenvalue weighted by atomic mass is 35.5. The van der Waals surface area contributed by atoms with Gasteiger partial charge in [0.1, 0.15) is 5.82 Å². The molecule has 1 aromatic heterocycles. The number of hydrogen-bond acceptors (Lipinski definition) is 8. The summed E-state index contributed by atoms with van der Waals surface area (Å²) in [6, 6.07) is 15.9. The standard InChI is InChI=1S/C27H22FN5O5S.ClH/c28-20-7-3-17(9-19(20)16-4-8-22-23(10-16)38-14-37-22)26(36)30-12-25(35)31-18-5-1-15(2-6-18)21-13-39-27(32-21)33-24(34)11-29;/h1-10,13H,11-12,14,29H2,(H,30,36)(H,31,35)(H,32,33,34);1H. The molecule has 3 aromatic carbocycles. The van der Waals surface area contributed by atoms with Crippen molar-refractivity contribution in [1.82, 2.24) is 10.3 Å². The minimum absolute atomic E-state index is 0. The fourth-order valence-corrected chi connectivity index (χ4v) is 4.51. The molecule has 0 radical (unpaired) electrons. The average molecular weight is 584 g/mol. The highest BCUT2D eigenvalue weighted by molar-refractivity contribution is 7.14. The number of aromatic nitrogens is 1. The summed E-state index contributed by atoms with van der Waals surface area (Å²) in [6.45, 7) is -0.317. The van der Waals surface area contributed by atoms with Crippen molar-refractivity contribution >= 4 is 52.3 Å². The van der Waals surface area contributed by atoms with Gasteiger partial charge in [0.2, 0.25) is 18.6 Å². The maximum Gasteiger partial charge on any atom is 0.251 e. The van der Waals surface area contributed by atoms with Crippen molar-refractivity contribution in [3.05, 3.63) is 77.4 Å². The lowest BCUT2D eigenvalue weighted by molar-refractivity contribution is -0.115. The van der Waals surface area contributed by atoms with E-state index < -0.39 is 17.6 Å². The molecule has 0 saturated heterocycles. The number of thiazole rings is 1. The first-order valence-corrected chi connectivity index (χ1v) is 12.6. The van der Waals surface area contributed by atoms with Gasteiger partial charge in [-0.05, 0) is 48.0 Å². The third-order valence-electron chi connectivity index (χ3n) is 5.72. The molecule has 0 aliphatic carbocycles. The van der Waals surface area contributed by atoms with E-state index in [0.29, 0.717) is 33.6 Å². The highest BCUT2D eigenvalue weighted by Gasteiger charge is 2.17. The number of nitrogens with two attached hydrogens (primary N) is 1. The second kappa shape index (κ2) is 12.6. The van der Waals surface area contributed by atoms with E-state index in [1.807, 2.05) is 0 Å². The Hall–Kier alpha value is -4.52. The van der Waals surface area contributed by atoms with Crippen LogP contribution in [0.15, 0.2) is 66.0 Å². The molecule has 5 N–H and O–H groups in total. The van der Waals surface area contributed by atoms with Crippen LogP contribution in [0, 0.1) is 5.82 Å². The first kappa shape index (κ1) is 28.5. The van der Waals surface area contributed by atoms with E-state index in [9.17, 15) is 18.8 Å². The summed E-state index contributed by atoms with van der Waals surface area (Å²) in [7, 11) is 0. The highest BCUT2D eigenvalue weighted by Crippen LogP contribution is 2.36. The number of benzene rings is 3. The molecule has 13 heteroatoms. The number of amides is 3. The third-order valence-corrected chi connectivity index (χ3v) is 6.48. The Morgan fingerprint density at radius 2 is 1.68 bits per heavy atom. The quantitative estimate of drug-likeness (QED) is 0.245. The number of halogens is 2. The number of fused-ring (bicyclic) bond motifs is 1. The Kier molecular flexibility index (Phi) is 8.94. The summed E-state index contributed by atoms with van der Waals surface area (Å²) in [4.78, 5) is 40.8. The van der Waals surface area contributed by atoms with E-state index in [2.05, 4.69) is 20.9 Å². The third kappa shape index (κ3) is 6.54. The molecule has 1 aliphatic rings. The molecule has 0 fully saturated rings. The molecule has 0 bridgehead atoms. The summed E-state index contributed by atoms with van der Waals surface area (Å²) in [6.07, 6.45) is 0. The Labute approximate surface area is 238 Å². The summed E-state index contributed by atoms with van der Waals surface area (Å²) < 4.78 is 25.2. The number of nitrogens with one attached hydrogen (secondary N) is 3. The lowest BCUT2D eigenvalue weighted by Crippen LogP contribution is -2.32. The van der Waals surface area contributed by atoms with E-state index in [4.69, 9.17) is 15.2 Å².